The predicted octanol–water partition coefficient (Wildman–Crippen LogP) is 4.72. The van der Waals surface area contributed by atoms with Crippen LogP contribution in [0.3, 0.4) is 0 Å². The summed E-state index contributed by atoms with van der Waals surface area (Å²) in [5, 5.41) is 0. The van der Waals surface area contributed by atoms with Gasteiger partial charge in [-0.3, -0.25) is 14.6 Å². The zero-order chi connectivity index (χ0) is 27.1. The third-order valence-corrected chi connectivity index (χ3v) is 7.25. The van der Waals surface area contributed by atoms with E-state index in [2.05, 4.69) is 10.5 Å². The van der Waals surface area contributed by atoms with Gasteiger partial charge in [0.15, 0.2) is 0 Å². The lowest BCUT2D eigenvalue weighted by molar-refractivity contribution is -0.151. The minimum Gasteiger partial charge on any atom is -0.489 e. The van der Waals surface area contributed by atoms with Crippen molar-refractivity contribution in [3.63, 3.8) is 0 Å². The van der Waals surface area contributed by atoms with E-state index in [9.17, 15) is 13.2 Å². The molecule has 0 aliphatic heterocycles. The summed E-state index contributed by atoms with van der Waals surface area (Å²) in [7, 11) is -4.09. The van der Waals surface area contributed by atoms with E-state index in [-0.39, 0.29) is 17.4 Å². The molecule has 0 unspecified atom stereocenters. The minimum atomic E-state index is -4.09. The molecule has 0 aliphatic carbocycles. The van der Waals surface area contributed by atoms with Gasteiger partial charge in [-0.25, -0.2) is 13.9 Å². The lowest BCUT2D eigenvalue weighted by Gasteiger charge is -2.33. The highest BCUT2D eigenvalue weighted by Crippen LogP contribution is 2.27. The van der Waals surface area contributed by atoms with Gasteiger partial charge < -0.3 is 4.74 Å². The Labute approximate surface area is 219 Å². The lowest BCUT2D eigenvalue weighted by Crippen LogP contribution is -2.52. The Morgan fingerprint density at radius 2 is 1.62 bits per heavy atom. The number of nitrogens with one attached hydrogen (secondary N) is 1. The van der Waals surface area contributed by atoms with Gasteiger partial charge in [0, 0.05) is 18.9 Å². The second-order valence-electron chi connectivity index (χ2n) is 10.0. The van der Waals surface area contributed by atoms with Crippen molar-refractivity contribution in [2.24, 2.45) is 5.92 Å². The number of hydrogen-bond acceptors (Lipinski definition) is 6. The van der Waals surface area contributed by atoms with Gasteiger partial charge in [0.05, 0.1) is 10.5 Å². The third kappa shape index (κ3) is 8.11. The fourth-order valence-corrected chi connectivity index (χ4v) is 5.33. The number of pyridine rings is 1. The van der Waals surface area contributed by atoms with Crippen LogP contribution in [0.1, 0.15) is 45.7 Å². The molecule has 0 bridgehead atoms. The second-order valence-corrected chi connectivity index (χ2v) is 11.9. The van der Waals surface area contributed by atoms with Crippen LogP contribution in [-0.4, -0.2) is 35.3 Å². The van der Waals surface area contributed by atoms with E-state index in [1.54, 1.807) is 71.3 Å². The number of rotatable bonds is 11. The highest BCUT2D eigenvalue weighted by Gasteiger charge is 2.38. The maximum atomic E-state index is 13.9. The van der Waals surface area contributed by atoms with Crippen molar-refractivity contribution in [1.82, 2.24) is 14.8 Å². The Hall–Kier alpha value is -3.27. The van der Waals surface area contributed by atoms with Crippen molar-refractivity contribution < 1.29 is 22.8 Å². The van der Waals surface area contributed by atoms with Crippen LogP contribution < -0.4 is 10.2 Å². The van der Waals surface area contributed by atoms with E-state index in [4.69, 9.17) is 9.57 Å². The lowest BCUT2D eigenvalue weighted by atomic mass is 10.0. The summed E-state index contributed by atoms with van der Waals surface area (Å²) < 4.78 is 34.9. The van der Waals surface area contributed by atoms with Crippen molar-refractivity contribution in [2.75, 3.05) is 0 Å². The van der Waals surface area contributed by atoms with Gasteiger partial charge in [-0.05, 0) is 68.1 Å². The maximum absolute atomic E-state index is 13.9. The Balaban J connectivity index is 1.90. The number of hydroxylamine groups is 1. The zero-order valence-electron chi connectivity index (χ0n) is 21.9. The molecule has 2 aromatic carbocycles. The molecule has 198 valence electrons. The molecule has 1 heterocycles. The average Bonchev–Trinajstić information content (AvgIpc) is 2.87. The average molecular weight is 526 g/mol. The van der Waals surface area contributed by atoms with Crippen molar-refractivity contribution in [3.05, 3.63) is 90.3 Å². The van der Waals surface area contributed by atoms with E-state index >= 15 is 0 Å². The van der Waals surface area contributed by atoms with Gasteiger partial charge in [-0.2, -0.15) is 4.31 Å². The third-order valence-electron chi connectivity index (χ3n) is 5.41. The molecule has 3 rings (SSSR count). The molecular weight excluding hydrogens is 490 g/mol. The Morgan fingerprint density at radius 3 is 2.19 bits per heavy atom. The van der Waals surface area contributed by atoms with Crippen molar-refractivity contribution in [2.45, 2.75) is 64.3 Å². The number of aromatic nitrogens is 1. The van der Waals surface area contributed by atoms with E-state index < -0.39 is 27.6 Å². The van der Waals surface area contributed by atoms with Gasteiger partial charge >= 0.3 is 0 Å². The quantitative estimate of drug-likeness (QED) is 0.364. The van der Waals surface area contributed by atoms with Crippen LogP contribution >= 0.6 is 0 Å². The summed E-state index contributed by atoms with van der Waals surface area (Å²) in [6, 6.07) is 18.4. The van der Waals surface area contributed by atoms with Crippen LogP contribution in [0.15, 0.2) is 84.0 Å². The first-order valence-electron chi connectivity index (χ1n) is 12.1. The Morgan fingerprint density at radius 1 is 0.973 bits per heavy atom. The maximum Gasteiger partial charge on any atom is 0.262 e. The topological polar surface area (TPSA) is 97.8 Å². The molecular formula is C28H35N3O5S. The molecule has 1 aromatic heterocycles. The second kappa shape index (κ2) is 12.3. The van der Waals surface area contributed by atoms with Crippen LogP contribution in [0.25, 0.3) is 0 Å². The molecule has 0 saturated carbocycles. The number of hydrogen-bond donors (Lipinski definition) is 1. The molecule has 0 spiro atoms. The first-order valence-corrected chi connectivity index (χ1v) is 13.6. The highest BCUT2D eigenvalue weighted by molar-refractivity contribution is 7.89. The van der Waals surface area contributed by atoms with Gasteiger partial charge in [-0.1, -0.05) is 50.2 Å². The molecule has 1 atom stereocenters. The molecule has 37 heavy (non-hydrogen) atoms. The smallest absolute Gasteiger partial charge is 0.262 e. The summed E-state index contributed by atoms with van der Waals surface area (Å²) in [6.45, 7) is 9.31. The first-order chi connectivity index (χ1) is 17.5. The summed E-state index contributed by atoms with van der Waals surface area (Å²) in [4.78, 5) is 22.9. The molecule has 8 nitrogen and oxygen atoms in total. The van der Waals surface area contributed by atoms with Gasteiger partial charge in [0.25, 0.3) is 5.91 Å². The number of carbonyl (C=O) groups is 1. The molecule has 9 heteroatoms. The van der Waals surface area contributed by atoms with E-state index in [1.807, 2.05) is 30.3 Å². The van der Waals surface area contributed by atoms with Crippen molar-refractivity contribution in [1.29, 1.82) is 0 Å². The van der Waals surface area contributed by atoms with Crippen LogP contribution in [0.4, 0.5) is 0 Å². The van der Waals surface area contributed by atoms with Crippen LogP contribution in [0, 0.1) is 5.92 Å². The van der Waals surface area contributed by atoms with E-state index in [1.165, 1.54) is 16.4 Å². The largest absolute Gasteiger partial charge is 0.489 e. The number of sulfonamides is 1. The fourth-order valence-electron chi connectivity index (χ4n) is 3.62. The standard InChI is InChI=1S/C28H35N3O5S/c1-21(2)26(27(32)30-36-28(3,4)5)31(19-23-12-9-17-29-18-23)37(33,34)25-15-13-24(14-16-25)35-20-22-10-7-6-8-11-22/h6-18,21,26H,19-20H2,1-5H3,(H,30,32)/t26-/m1/s1. The molecule has 0 saturated heterocycles. The van der Waals surface area contributed by atoms with Gasteiger partial charge in [-0.15, -0.1) is 0 Å². The van der Waals surface area contributed by atoms with E-state index in [0.29, 0.717) is 17.9 Å². The molecule has 1 amide bonds. The summed E-state index contributed by atoms with van der Waals surface area (Å²) in [6.07, 6.45) is 3.20. The fraction of sp³-hybridized carbons (Fsp3) is 0.357. The molecule has 0 radical (unpaired) electrons. The SMILES string of the molecule is CC(C)[C@H](C(=O)NOC(C)(C)C)N(Cc1cccnc1)S(=O)(=O)c1ccc(OCc2ccccc2)cc1. The molecule has 0 aliphatic rings. The number of benzene rings is 2. The highest BCUT2D eigenvalue weighted by atomic mass is 32.2. The summed E-state index contributed by atoms with van der Waals surface area (Å²) in [5.41, 5.74) is 3.48. The molecule has 0 fully saturated rings. The summed E-state index contributed by atoms with van der Waals surface area (Å²) in [5.74, 6) is -0.345. The normalized spacial score (nSPS) is 12.9. The van der Waals surface area contributed by atoms with Gasteiger partial charge in [0.1, 0.15) is 18.4 Å². The zero-order valence-corrected chi connectivity index (χ0v) is 22.7. The number of ether oxygens (including phenoxy) is 1. The van der Waals surface area contributed by atoms with Crippen LogP contribution in [-0.2, 0) is 32.8 Å². The number of nitrogens with zero attached hydrogens (tertiary/aromatic N) is 2. The van der Waals surface area contributed by atoms with E-state index in [0.717, 1.165) is 5.56 Å². The summed E-state index contributed by atoms with van der Waals surface area (Å²) >= 11 is 0. The number of amides is 1. The minimum absolute atomic E-state index is 0.0335. The van der Waals surface area contributed by atoms with Crippen LogP contribution in [0.2, 0.25) is 0 Å². The predicted molar refractivity (Wildman–Crippen MR) is 142 cm³/mol. The van der Waals surface area contributed by atoms with Crippen molar-refractivity contribution in [3.8, 4) is 5.75 Å². The van der Waals surface area contributed by atoms with Gasteiger partial charge in [0.2, 0.25) is 10.0 Å². The molecule has 1 N–H and O–H groups in total. The molecule has 3 aromatic rings. The Bertz CT molecular complexity index is 1240. The number of carbonyl (C=O) groups excluding carboxylic acids is 1. The monoisotopic (exact) mass is 525 g/mol. The van der Waals surface area contributed by atoms with Crippen molar-refractivity contribution >= 4 is 15.9 Å². The van der Waals surface area contributed by atoms with Crippen LogP contribution in [0.5, 0.6) is 5.75 Å². The Kier molecular flexibility index (Phi) is 9.42. The first kappa shape index (κ1) is 28.3.